The first-order valence-corrected chi connectivity index (χ1v) is 12.1. The van der Waals surface area contributed by atoms with Crippen molar-refractivity contribution in [2.45, 2.75) is 32.0 Å². The van der Waals surface area contributed by atoms with E-state index >= 15 is 0 Å². The van der Waals surface area contributed by atoms with Crippen LogP contribution in [-0.2, 0) is 13.1 Å². The van der Waals surface area contributed by atoms with Gasteiger partial charge in [-0.25, -0.2) is 9.37 Å². The SMILES string of the molecule is COc1cc(N2CC3(C2)CN(c2nnc4n2-c2ccc(Cl)cc2CN(C2CC2)C4)C3)ncc1F. The molecule has 34 heavy (non-hydrogen) atoms. The number of hydrogen-bond acceptors (Lipinski definition) is 7. The fourth-order valence-electron chi connectivity index (χ4n) is 5.68. The monoisotopic (exact) mass is 481 g/mol. The molecule has 8 nitrogen and oxygen atoms in total. The molecule has 10 heteroatoms. The van der Waals surface area contributed by atoms with E-state index in [1.165, 1.54) is 31.7 Å². The zero-order valence-corrected chi connectivity index (χ0v) is 19.7. The first-order valence-electron chi connectivity index (χ1n) is 11.7. The van der Waals surface area contributed by atoms with E-state index in [0.29, 0.717) is 6.04 Å². The van der Waals surface area contributed by atoms with Gasteiger partial charge in [0.2, 0.25) is 5.95 Å². The molecule has 176 valence electrons. The second-order valence-corrected chi connectivity index (χ2v) is 10.5. The van der Waals surface area contributed by atoms with Gasteiger partial charge in [0, 0.05) is 55.3 Å². The molecule has 5 heterocycles. The van der Waals surface area contributed by atoms with Gasteiger partial charge < -0.3 is 14.5 Å². The highest BCUT2D eigenvalue weighted by Gasteiger charge is 2.53. The average Bonchev–Trinajstić information content (AvgIpc) is 3.56. The van der Waals surface area contributed by atoms with E-state index in [2.05, 4.69) is 46.6 Å². The van der Waals surface area contributed by atoms with Crippen LogP contribution in [0.15, 0.2) is 30.5 Å². The van der Waals surface area contributed by atoms with Gasteiger partial charge in [-0.15, -0.1) is 10.2 Å². The lowest BCUT2D eigenvalue weighted by molar-refractivity contribution is 0.153. The van der Waals surface area contributed by atoms with Gasteiger partial charge in [0.1, 0.15) is 5.82 Å². The number of rotatable bonds is 4. The maximum Gasteiger partial charge on any atom is 0.231 e. The minimum Gasteiger partial charge on any atom is -0.493 e. The van der Waals surface area contributed by atoms with E-state index in [9.17, 15) is 4.39 Å². The summed E-state index contributed by atoms with van der Waals surface area (Å²) < 4.78 is 21.1. The fraction of sp³-hybridized carbons (Fsp3) is 0.458. The fourth-order valence-corrected chi connectivity index (χ4v) is 5.88. The first-order chi connectivity index (χ1) is 16.5. The topological polar surface area (TPSA) is 62.6 Å². The van der Waals surface area contributed by atoms with Crippen LogP contribution >= 0.6 is 11.6 Å². The summed E-state index contributed by atoms with van der Waals surface area (Å²) in [5, 5.41) is 10.00. The highest BCUT2D eigenvalue weighted by molar-refractivity contribution is 6.30. The molecule has 3 aliphatic heterocycles. The molecule has 0 atom stereocenters. The van der Waals surface area contributed by atoms with E-state index < -0.39 is 5.82 Å². The highest BCUT2D eigenvalue weighted by atomic mass is 35.5. The molecule has 1 aromatic carbocycles. The molecule has 1 aliphatic carbocycles. The van der Waals surface area contributed by atoms with Crippen molar-refractivity contribution < 1.29 is 9.13 Å². The van der Waals surface area contributed by atoms with Gasteiger partial charge in [-0.1, -0.05) is 11.6 Å². The van der Waals surface area contributed by atoms with Gasteiger partial charge in [0.25, 0.3) is 0 Å². The quantitative estimate of drug-likeness (QED) is 0.566. The number of pyridine rings is 1. The molecule has 0 N–H and O–H groups in total. The molecule has 1 saturated carbocycles. The Balaban J connectivity index is 1.12. The summed E-state index contributed by atoms with van der Waals surface area (Å²) in [6, 6.07) is 8.43. The summed E-state index contributed by atoms with van der Waals surface area (Å²) in [5.74, 6) is 2.44. The number of methoxy groups -OCH3 is 1. The van der Waals surface area contributed by atoms with Crippen LogP contribution in [0.5, 0.6) is 5.75 Å². The molecular formula is C24H25ClFN7O. The number of anilines is 2. The standard InChI is InChI=1S/C24H25ClFN7O/c1-34-20-7-21(27-8-18(20)26)31-11-24(12-31)13-32(14-24)23-29-28-22-10-30(17-3-4-17)9-15-6-16(25)2-5-19(15)33(22)23/h2,5-8,17H,3-4,9-14H2,1H3. The molecule has 3 aromatic rings. The molecule has 2 aromatic heterocycles. The normalized spacial score (nSPS) is 20.9. The molecule has 1 spiro atoms. The van der Waals surface area contributed by atoms with E-state index in [-0.39, 0.29) is 11.2 Å². The van der Waals surface area contributed by atoms with Crippen molar-refractivity contribution >= 4 is 23.4 Å². The summed E-state index contributed by atoms with van der Waals surface area (Å²) in [5.41, 5.74) is 2.55. The van der Waals surface area contributed by atoms with Crippen LogP contribution in [0.3, 0.4) is 0 Å². The van der Waals surface area contributed by atoms with E-state index in [1.54, 1.807) is 6.07 Å². The summed E-state index contributed by atoms with van der Waals surface area (Å²) in [4.78, 5) is 11.2. The van der Waals surface area contributed by atoms with Crippen LogP contribution in [0.1, 0.15) is 24.2 Å². The molecule has 0 amide bonds. The number of ether oxygens (including phenoxy) is 1. The second-order valence-electron chi connectivity index (χ2n) is 10.1. The molecule has 2 saturated heterocycles. The average molecular weight is 482 g/mol. The van der Waals surface area contributed by atoms with Crippen LogP contribution in [0.4, 0.5) is 16.2 Å². The van der Waals surface area contributed by atoms with Gasteiger partial charge in [-0.2, -0.15) is 0 Å². The Kier molecular flexibility index (Phi) is 4.39. The van der Waals surface area contributed by atoms with Gasteiger partial charge in [0.05, 0.1) is 25.5 Å². The molecule has 4 aliphatic rings. The lowest BCUT2D eigenvalue weighted by Gasteiger charge is -2.60. The summed E-state index contributed by atoms with van der Waals surface area (Å²) in [6.07, 6.45) is 3.72. The minimum absolute atomic E-state index is 0.198. The largest absolute Gasteiger partial charge is 0.493 e. The molecule has 3 fully saturated rings. The smallest absolute Gasteiger partial charge is 0.231 e. The van der Waals surface area contributed by atoms with Crippen molar-refractivity contribution in [3.05, 3.63) is 52.7 Å². The summed E-state index contributed by atoms with van der Waals surface area (Å²) in [6.45, 7) is 5.28. The highest BCUT2D eigenvalue weighted by Crippen LogP contribution is 2.44. The van der Waals surface area contributed by atoms with Crippen molar-refractivity contribution in [2.75, 3.05) is 43.1 Å². The van der Waals surface area contributed by atoms with E-state index in [0.717, 1.165) is 67.6 Å². The lowest BCUT2D eigenvalue weighted by atomic mass is 9.73. The molecular weight excluding hydrogens is 457 g/mol. The third-order valence-corrected chi connectivity index (χ3v) is 7.75. The maximum atomic E-state index is 13.7. The van der Waals surface area contributed by atoms with Crippen molar-refractivity contribution in [1.29, 1.82) is 0 Å². The third-order valence-electron chi connectivity index (χ3n) is 7.51. The van der Waals surface area contributed by atoms with E-state index in [1.807, 2.05) is 6.07 Å². The molecule has 0 bridgehead atoms. The molecule has 0 unspecified atom stereocenters. The predicted molar refractivity (Wildman–Crippen MR) is 126 cm³/mol. The van der Waals surface area contributed by atoms with E-state index in [4.69, 9.17) is 16.3 Å². The van der Waals surface area contributed by atoms with Crippen LogP contribution in [0.2, 0.25) is 5.02 Å². The molecule has 0 radical (unpaired) electrons. The Morgan fingerprint density at radius 1 is 1.06 bits per heavy atom. The number of nitrogens with zero attached hydrogens (tertiary/aromatic N) is 7. The minimum atomic E-state index is -0.439. The van der Waals surface area contributed by atoms with Crippen LogP contribution in [0.25, 0.3) is 5.69 Å². The number of halogens is 2. The Morgan fingerprint density at radius 2 is 1.85 bits per heavy atom. The van der Waals surface area contributed by atoms with Gasteiger partial charge >= 0.3 is 0 Å². The number of fused-ring (bicyclic) bond motifs is 3. The maximum absolute atomic E-state index is 13.7. The zero-order chi connectivity index (χ0) is 23.0. The number of benzene rings is 1. The van der Waals surface area contributed by atoms with Crippen molar-refractivity contribution in [3.63, 3.8) is 0 Å². The van der Waals surface area contributed by atoms with Gasteiger partial charge in [-0.05, 0) is 36.6 Å². The van der Waals surface area contributed by atoms with Crippen molar-refractivity contribution in [2.24, 2.45) is 5.41 Å². The second kappa shape index (κ2) is 7.29. The zero-order valence-electron chi connectivity index (χ0n) is 18.9. The Bertz CT molecular complexity index is 1280. The Hall–Kier alpha value is -2.91. The summed E-state index contributed by atoms with van der Waals surface area (Å²) in [7, 11) is 1.47. The summed E-state index contributed by atoms with van der Waals surface area (Å²) >= 11 is 6.36. The van der Waals surface area contributed by atoms with Gasteiger partial charge in [0.15, 0.2) is 17.4 Å². The number of aromatic nitrogens is 4. The van der Waals surface area contributed by atoms with Crippen LogP contribution in [-0.4, -0.2) is 64.0 Å². The Labute approximate surface area is 201 Å². The van der Waals surface area contributed by atoms with Crippen LogP contribution in [0, 0.1) is 11.2 Å². The third kappa shape index (κ3) is 3.17. The first kappa shape index (κ1) is 20.5. The Morgan fingerprint density at radius 3 is 2.62 bits per heavy atom. The molecule has 7 rings (SSSR count). The lowest BCUT2D eigenvalue weighted by Crippen LogP contribution is -2.73. The predicted octanol–water partition coefficient (Wildman–Crippen LogP) is 3.27. The van der Waals surface area contributed by atoms with Gasteiger partial charge in [-0.3, -0.25) is 9.47 Å². The van der Waals surface area contributed by atoms with Crippen LogP contribution < -0.4 is 14.5 Å². The number of hydrogen-bond donors (Lipinski definition) is 0. The van der Waals surface area contributed by atoms with Crippen molar-refractivity contribution in [3.8, 4) is 11.4 Å². The van der Waals surface area contributed by atoms with Crippen molar-refractivity contribution in [1.82, 2.24) is 24.6 Å².